The number of pyridine rings is 1. The lowest BCUT2D eigenvalue weighted by molar-refractivity contribution is 0.0981. The van der Waals surface area contributed by atoms with Gasteiger partial charge in [0.2, 0.25) is 0 Å². The molecule has 1 amide bonds. The van der Waals surface area contributed by atoms with E-state index in [9.17, 15) is 18.0 Å². The number of aryl methyl sites for hydroxylation is 1. The maximum atomic E-state index is 12.6. The van der Waals surface area contributed by atoms with Gasteiger partial charge >= 0.3 is 4.87 Å². The summed E-state index contributed by atoms with van der Waals surface area (Å²) >= 11 is 0.946. The van der Waals surface area contributed by atoms with Gasteiger partial charge in [-0.05, 0) is 30.3 Å². The highest BCUT2D eigenvalue weighted by atomic mass is 32.2. The number of para-hydroxylation sites is 1. The summed E-state index contributed by atoms with van der Waals surface area (Å²) in [5.74, 6) is -0.769. The molecule has 2 aromatic heterocycles. The minimum Gasteiger partial charge on any atom is -0.302 e. The number of carbonyl (C=O) groups excluding carboxylic acids is 1. The summed E-state index contributed by atoms with van der Waals surface area (Å²) < 4.78 is 29.2. The first-order chi connectivity index (χ1) is 12.8. The number of thiazole rings is 1. The number of carbonyl (C=O) groups is 1. The topological polar surface area (TPSA) is 98.1 Å². The Morgan fingerprint density at radius 1 is 1.15 bits per heavy atom. The number of nitrogens with one attached hydrogen (secondary N) is 1. The van der Waals surface area contributed by atoms with Gasteiger partial charge in [-0.25, -0.2) is 13.1 Å². The Kier molecular flexibility index (Phi) is 4.05. The first kappa shape index (κ1) is 17.4. The van der Waals surface area contributed by atoms with Crippen LogP contribution in [0.3, 0.4) is 0 Å². The Hall–Kier alpha value is -3.04. The summed E-state index contributed by atoms with van der Waals surface area (Å²) in [5, 5.41) is 0.734. The van der Waals surface area contributed by atoms with Crippen molar-refractivity contribution in [2.45, 2.75) is 4.90 Å². The molecule has 1 N–H and O–H groups in total. The molecule has 0 saturated carbocycles. The second kappa shape index (κ2) is 6.29. The SMILES string of the molecule is Cn1c(=O)sc2cc(S(=O)(=O)NC(=O)c3cnc4ccccc4c3)ccc21. The van der Waals surface area contributed by atoms with Crippen LogP contribution in [0.4, 0.5) is 0 Å². The van der Waals surface area contributed by atoms with Crippen molar-refractivity contribution >= 4 is 48.4 Å². The molecule has 0 aliphatic carbocycles. The standard InChI is InChI=1S/C18H13N3O4S2/c1-21-15-7-6-13(9-16(15)26-18(21)23)27(24,25)20-17(22)12-8-11-4-2-3-5-14(11)19-10-12/h2-10H,1H3,(H,20,22). The molecule has 0 radical (unpaired) electrons. The van der Waals surface area contributed by atoms with Gasteiger partial charge in [0.1, 0.15) is 0 Å². The van der Waals surface area contributed by atoms with Crippen LogP contribution in [0.5, 0.6) is 0 Å². The molecule has 0 bridgehead atoms. The molecule has 136 valence electrons. The number of fused-ring (bicyclic) bond motifs is 2. The minimum atomic E-state index is -4.09. The number of sulfonamides is 1. The molecule has 0 unspecified atom stereocenters. The molecule has 0 spiro atoms. The molecule has 0 atom stereocenters. The van der Waals surface area contributed by atoms with Crippen LogP contribution in [0.15, 0.2) is 64.4 Å². The molecule has 2 heterocycles. The zero-order chi connectivity index (χ0) is 19.2. The van der Waals surface area contributed by atoms with Gasteiger partial charge in [0.15, 0.2) is 0 Å². The fourth-order valence-corrected chi connectivity index (χ4v) is 4.71. The lowest BCUT2D eigenvalue weighted by Crippen LogP contribution is -2.30. The Bertz CT molecular complexity index is 1370. The average Bonchev–Trinajstić information content (AvgIpc) is 2.94. The van der Waals surface area contributed by atoms with E-state index in [0.717, 1.165) is 16.7 Å². The highest BCUT2D eigenvalue weighted by Crippen LogP contribution is 2.21. The normalized spacial score (nSPS) is 11.7. The smallest absolute Gasteiger partial charge is 0.302 e. The summed E-state index contributed by atoms with van der Waals surface area (Å²) in [6.07, 6.45) is 1.33. The molecule has 4 aromatic rings. The second-order valence-electron chi connectivity index (χ2n) is 5.91. The van der Waals surface area contributed by atoms with E-state index >= 15 is 0 Å². The van der Waals surface area contributed by atoms with Crippen molar-refractivity contribution < 1.29 is 13.2 Å². The summed E-state index contributed by atoms with van der Waals surface area (Å²) in [5.41, 5.74) is 1.48. The van der Waals surface area contributed by atoms with E-state index in [-0.39, 0.29) is 15.3 Å². The number of aromatic nitrogens is 2. The van der Waals surface area contributed by atoms with Crippen LogP contribution in [0, 0.1) is 0 Å². The second-order valence-corrected chi connectivity index (χ2v) is 8.58. The maximum absolute atomic E-state index is 12.6. The molecule has 7 nitrogen and oxygen atoms in total. The van der Waals surface area contributed by atoms with Crippen molar-refractivity contribution in [2.24, 2.45) is 7.05 Å². The van der Waals surface area contributed by atoms with Crippen LogP contribution in [0.25, 0.3) is 21.1 Å². The summed E-state index contributed by atoms with van der Waals surface area (Å²) in [6.45, 7) is 0. The first-order valence-corrected chi connectivity index (χ1v) is 10.2. The van der Waals surface area contributed by atoms with E-state index < -0.39 is 15.9 Å². The zero-order valence-electron chi connectivity index (χ0n) is 14.0. The number of amides is 1. The van der Waals surface area contributed by atoms with Crippen LogP contribution in [-0.2, 0) is 17.1 Å². The fraction of sp³-hybridized carbons (Fsp3) is 0.0556. The van der Waals surface area contributed by atoms with Crippen LogP contribution in [0.2, 0.25) is 0 Å². The van der Waals surface area contributed by atoms with Crippen molar-refractivity contribution in [3.63, 3.8) is 0 Å². The molecule has 0 saturated heterocycles. The van der Waals surface area contributed by atoms with E-state index in [2.05, 4.69) is 9.71 Å². The van der Waals surface area contributed by atoms with Gasteiger partial charge < -0.3 is 4.57 Å². The van der Waals surface area contributed by atoms with Crippen molar-refractivity contribution in [3.05, 3.63) is 70.0 Å². The lowest BCUT2D eigenvalue weighted by Gasteiger charge is -2.08. The molecule has 0 aliphatic heterocycles. The highest BCUT2D eigenvalue weighted by molar-refractivity contribution is 7.90. The first-order valence-electron chi connectivity index (χ1n) is 7.87. The number of rotatable bonds is 3. The maximum Gasteiger partial charge on any atom is 0.307 e. The van der Waals surface area contributed by atoms with Crippen molar-refractivity contribution in [1.82, 2.24) is 14.3 Å². The molecular weight excluding hydrogens is 386 g/mol. The van der Waals surface area contributed by atoms with Gasteiger partial charge in [-0.15, -0.1) is 0 Å². The largest absolute Gasteiger partial charge is 0.307 e. The van der Waals surface area contributed by atoms with E-state index in [1.165, 1.54) is 22.9 Å². The predicted octanol–water partition coefficient (Wildman–Crippen LogP) is 2.27. The van der Waals surface area contributed by atoms with Gasteiger partial charge in [0.05, 0.1) is 26.2 Å². The third-order valence-corrected chi connectivity index (χ3v) is 6.48. The molecule has 0 aliphatic rings. The Labute approximate surface area is 158 Å². The Morgan fingerprint density at radius 3 is 2.74 bits per heavy atom. The average molecular weight is 399 g/mol. The third-order valence-electron chi connectivity index (χ3n) is 4.15. The van der Waals surface area contributed by atoms with E-state index in [1.807, 2.05) is 12.1 Å². The monoisotopic (exact) mass is 399 g/mol. The van der Waals surface area contributed by atoms with Crippen LogP contribution in [0.1, 0.15) is 10.4 Å². The summed E-state index contributed by atoms with van der Waals surface area (Å²) in [6, 6.07) is 13.1. The van der Waals surface area contributed by atoms with Crippen molar-refractivity contribution in [3.8, 4) is 0 Å². The third kappa shape index (κ3) is 3.11. The number of hydrogen-bond acceptors (Lipinski definition) is 6. The minimum absolute atomic E-state index is 0.0843. The predicted molar refractivity (Wildman–Crippen MR) is 103 cm³/mol. The molecule has 4 rings (SSSR count). The molecule has 27 heavy (non-hydrogen) atoms. The van der Waals surface area contributed by atoms with Crippen molar-refractivity contribution in [2.75, 3.05) is 0 Å². The van der Waals surface area contributed by atoms with Crippen LogP contribution >= 0.6 is 11.3 Å². The quantitative estimate of drug-likeness (QED) is 0.570. The van der Waals surface area contributed by atoms with E-state index in [4.69, 9.17) is 0 Å². The van der Waals surface area contributed by atoms with Gasteiger partial charge in [-0.3, -0.25) is 14.6 Å². The molecule has 0 fully saturated rings. The number of nitrogens with zero attached hydrogens (tertiary/aromatic N) is 2. The van der Waals surface area contributed by atoms with E-state index in [0.29, 0.717) is 15.7 Å². The highest BCUT2D eigenvalue weighted by Gasteiger charge is 2.20. The van der Waals surface area contributed by atoms with Gasteiger partial charge in [0, 0.05) is 18.6 Å². The summed E-state index contributed by atoms with van der Waals surface area (Å²) in [4.78, 5) is 28.0. The number of benzene rings is 2. The van der Waals surface area contributed by atoms with Gasteiger partial charge in [-0.1, -0.05) is 29.5 Å². The molecule has 9 heteroatoms. The van der Waals surface area contributed by atoms with Gasteiger partial charge in [-0.2, -0.15) is 0 Å². The van der Waals surface area contributed by atoms with Gasteiger partial charge in [0.25, 0.3) is 15.9 Å². The van der Waals surface area contributed by atoms with E-state index in [1.54, 1.807) is 31.3 Å². The molecular formula is C18H13N3O4S2. The van der Waals surface area contributed by atoms with Crippen LogP contribution in [-0.4, -0.2) is 23.9 Å². The van der Waals surface area contributed by atoms with Crippen molar-refractivity contribution in [1.29, 1.82) is 0 Å². The molecule has 2 aromatic carbocycles. The Balaban J connectivity index is 1.67. The van der Waals surface area contributed by atoms with Crippen LogP contribution < -0.4 is 9.60 Å². The number of hydrogen-bond donors (Lipinski definition) is 1. The fourth-order valence-electron chi connectivity index (χ4n) is 2.72. The lowest BCUT2D eigenvalue weighted by atomic mass is 10.1. The summed E-state index contributed by atoms with van der Waals surface area (Å²) in [7, 11) is -2.47. The Morgan fingerprint density at radius 2 is 1.93 bits per heavy atom. The zero-order valence-corrected chi connectivity index (χ0v) is 15.7.